The van der Waals surface area contributed by atoms with Gasteiger partial charge < -0.3 is 4.74 Å². The molecule has 3 rings (SSSR count). The summed E-state index contributed by atoms with van der Waals surface area (Å²) in [6.45, 7) is 2.90. The van der Waals surface area contributed by atoms with Crippen LogP contribution in [0.15, 0.2) is 5.38 Å². The fourth-order valence-electron chi connectivity index (χ4n) is 2.59. The molecule has 21 heavy (non-hydrogen) atoms. The lowest BCUT2D eigenvalue weighted by Crippen LogP contribution is -2.12. The van der Waals surface area contributed by atoms with Crippen LogP contribution in [0.4, 0.5) is 0 Å². The van der Waals surface area contributed by atoms with Gasteiger partial charge in [0.15, 0.2) is 12.4 Å². The van der Waals surface area contributed by atoms with Gasteiger partial charge in [-0.15, -0.1) is 16.4 Å². The summed E-state index contributed by atoms with van der Waals surface area (Å²) in [4.78, 5) is 13.6. The molecule has 0 fully saturated rings. The van der Waals surface area contributed by atoms with Gasteiger partial charge in [0.2, 0.25) is 0 Å². The minimum Gasteiger partial charge on any atom is -0.454 e. The second kappa shape index (κ2) is 6.34. The highest BCUT2D eigenvalue weighted by Crippen LogP contribution is 2.30. The Balaban J connectivity index is 1.66. The quantitative estimate of drug-likeness (QED) is 0.793. The van der Waals surface area contributed by atoms with Crippen molar-refractivity contribution in [2.24, 2.45) is 0 Å². The van der Waals surface area contributed by atoms with Crippen molar-refractivity contribution in [2.45, 2.75) is 52.2 Å². The Morgan fingerprint density at radius 1 is 1.43 bits per heavy atom. The smallest absolute Gasteiger partial charge is 0.339 e. The molecule has 0 spiro atoms. The fraction of sp³-hybridized carbons (Fsp3) is 0.571. The van der Waals surface area contributed by atoms with Crippen molar-refractivity contribution in [1.82, 2.24) is 20.2 Å². The molecule has 7 heteroatoms. The number of esters is 1. The third kappa shape index (κ3) is 2.97. The maximum absolute atomic E-state index is 12.2. The summed E-state index contributed by atoms with van der Waals surface area (Å²) in [6.07, 6.45) is 5.37. The van der Waals surface area contributed by atoms with Crippen LogP contribution >= 0.6 is 11.3 Å². The molecule has 112 valence electrons. The van der Waals surface area contributed by atoms with Gasteiger partial charge in [-0.3, -0.25) is 0 Å². The molecule has 6 nitrogen and oxygen atoms in total. The summed E-state index contributed by atoms with van der Waals surface area (Å²) in [5.41, 5.74) is 1.91. The van der Waals surface area contributed by atoms with Crippen molar-refractivity contribution in [3.8, 4) is 0 Å². The number of aromatic nitrogens is 4. The third-order valence-electron chi connectivity index (χ3n) is 3.66. The van der Waals surface area contributed by atoms with E-state index in [9.17, 15) is 4.79 Å². The van der Waals surface area contributed by atoms with Crippen LogP contribution in [0.5, 0.6) is 0 Å². The Morgan fingerprint density at radius 3 is 3.14 bits per heavy atom. The average Bonchev–Trinajstić information content (AvgIpc) is 3.12. The molecule has 0 amide bonds. The van der Waals surface area contributed by atoms with E-state index in [0.29, 0.717) is 5.82 Å². The van der Waals surface area contributed by atoms with E-state index >= 15 is 0 Å². The van der Waals surface area contributed by atoms with E-state index in [1.807, 2.05) is 5.38 Å². The molecule has 0 saturated heterocycles. The number of nitrogens with zero attached hydrogens (tertiary/aromatic N) is 4. The number of fused-ring (bicyclic) bond motifs is 1. The Morgan fingerprint density at radius 2 is 2.29 bits per heavy atom. The minimum atomic E-state index is -0.263. The first kappa shape index (κ1) is 14.2. The van der Waals surface area contributed by atoms with Gasteiger partial charge >= 0.3 is 5.97 Å². The molecule has 0 radical (unpaired) electrons. The number of hydrogen-bond donors (Lipinski definition) is 0. The second-order valence-corrected chi connectivity index (χ2v) is 6.12. The molecular formula is C14H18N4O2S. The van der Waals surface area contributed by atoms with Crippen LogP contribution < -0.4 is 0 Å². The van der Waals surface area contributed by atoms with Gasteiger partial charge in [0.25, 0.3) is 0 Å². The highest BCUT2D eigenvalue weighted by molar-refractivity contribution is 7.10. The Labute approximate surface area is 127 Å². The zero-order valence-electron chi connectivity index (χ0n) is 12.0. The summed E-state index contributed by atoms with van der Waals surface area (Å²) in [7, 11) is 0. The summed E-state index contributed by atoms with van der Waals surface area (Å²) >= 11 is 1.67. The summed E-state index contributed by atoms with van der Waals surface area (Å²) in [6, 6.07) is 0. The zero-order valence-corrected chi connectivity index (χ0v) is 12.9. The average molecular weight is 306 g/mol. The Bertz CT molecular complexity index is 635. The van der Waals surface area contributed by atoms with Crippen LogP contribution in [0.25, 0.3) is 0 Å². The van der Waals surface area contributed by atoms with Gasteiger partial charge in [-0.2, -0.15) is 0 Å². The number of rotatable bonds is 5. The van der Waals surface area contributed by atoms with E-state index in [0.717, 1.165) is 37.8 Å². The number of ether oxygens (including phenoxy) is 1. The number of tetrazole rings is 1. The van der Waals surface area contributed by atoms with Crippen molar-refractivity contribution in [2.75, 3.05) is 0 Å². The monoisotopic (exact) mass is 306 g/mol. The number of hydrogen-bond acceptors (Lipinski definition) is 6. The molecule has 2 aromatic heterocycles. The van der Waals surface area contributed by atoms with E-state index < -0.39 is 0 Å². The van der Waals surface area contributed by atoms with E-state index in [1.54, 1.807) is 16.0 Å². The molecule has 0 aromatic carbocycles. The molecule has 0 unspecified atom stereocenters. The van der Waals surface area contributed by atoms with Crippen molar-refractivity contribution >= 4 is 17.3 Å². The molecular weight excluding hydrogens is 288 g/mol. The second-order valence-electron chi connectivity index (χ2n) is 5.15. The van der Waals surface area contributed by atoms with Gasteiger partial charge in [0.05, 0.1) is 5.56 Å². The Hall–Kier alpha value is -1.76. The largest absolute Gasteiger partial charge is 0.454 e. The molecule has 0 atom stereocenters. The lowest BCUT2D eigenvalue weighted by atomic mass is 9.96. The van der Waals surface area contributed by atoms with Crippen molar-refractivity contribution < 1.29 is 9.53 Å². The maximum atomic E-state index is 12.2. The normalized spacial score (nSPS) is 14.0. The molecule has 0 N–H and O–H groups in total. The zero-order chi connectivity index (χ0) is 14.7. The van der Waals surface area contributed by atoms with Gasteiger partial charge in [-0.25, -0.2) is 9.48 Å². The van der Waals surface area contributed by atoms with Crippen molar-refractivity contribution in [3.05, 3.63) is 27.2 Å². The van der Waals surface area contributed by atoms with Crippen molar-refractivity contribution in [1.29, 1.82) is 0 Å². The van der Waals surface area contributed by atoms with Gasteiger partial charge in [0.1, 0.15) is 0 Å². The van der Waals surface area contributed by atoms with Gasteiger partial charge in [0, 0.05) is 16.8 Å². The number of carbonyl (C=O) groups excluding carboxylic acids is 1. The number of carbonyl (C=O) groups is 1. The summed E-state index contributed by atoms with van der Waals surface area (Å²) < 4.78 is 7.07. The van der Waals surface area contributed by atoms with Gasteiger partial charge in [-0.05, 0) is 48.1 Å². The fourth-order valence-corrected chi connectivity index (χ4v) is 3.70. The molecule has 2 heterocycles. The minimum absolute atomic E-state index is 0.121. The molecule has 2 aromatic rings. The van der Waals surface area contributed by atoms with Crippen LogP contribution in [0.2, 0.25) is 0 Å². The lowest BCUT2D eigenvalue weighted by Gasteiger charge is -2.12. The third-order valence-corrected chi connectivity index (χ3v) is 4.74. The molecule has 0 bridgehead atoms. The standard InChI is InChI=1S/C14H18N4O2S/c1-2-7-18-13(15-16-17-18)8-20-14(19)11-9-21-12-6-4-3-5-10(11)12/h9H,2-8H2,1H3. The maximum Gasteiger partial charge on any atom is 0.339 e. The number of thiophene rings is 1. The SMILES string of the molecule is CCCn1nnnc1COC(=O)c1csc2c1CCCC2. The first-order valence-electron chi connectivity index (χ1n) is 7.31. The van der Waals surface area contributed by atoms with Crippen molar-refractivity contribution in [3.63, 3.8) is 0 Å². The van der Waals surface area contributed by atoms with Crippen LogP contribution in [0.1, 0.15) is 52.8 Å². The predicted octanol–water partition coefficient (Wildman–Crippen LogP) is 2.38. The topological polar surface area (TPSA) is 69.9 Å². The molecule has 0 saturated carbocycles. The first-order chi connectivity index (χ1) is 10.3. The molecule has 0 aliphatic heterocycles. The highest BCUT2D eigenvalue weighted by Gasteiger charge is 2.21. The van der Waals surface area contributed by atoms with Crippen LogP contribution in [0, 0.1) is 0 Å². The summed E-state index contributed by atoms with van der Waals surface area (Å²) in [5.74, 6) is 0.328. The lowest BCUT2D eigenvalue weighted by molar-refractivity contribution is 0.0455. The number of aryl methyl sites for hydroxylation is 2. The highest BCUT2D eigenvalue weighted by atomic mass is 32.1. The molecule has 1 aliphatic rings. The van der Waals surface area contributed by atoms with E-state index in [1.165, 1.54) is 16.9 Å². The Kier molecular flexibility index (Phi) is 4.28. The molecule has 1 aliphatic carbocycles. The van der Waals surface area contributed by atoms with E-state index in [4.69, 9.17) is 4.74 Å². The van der Waals surface area contributed by atoms with Gasteiger partial charge in [-0.1, -0.05) is 6.92 Å². The van der Waals surface area contributed by atoms with E-state index in [-0.39, 0.29) is 12.6 Å². The van der Waals surface area contributed by atoms with Crippen LogP contribution in [-0.4, -0.2) is 26.2 Å². The van der Waals surface area contributed by atoms with Crippen LogP contribution in [-0.2, 0) is 30.7 Å². The predicted molar refractivity (Wildman–Crippen MR) is 78.2 cm³/mol. The van der Waals surface area contributed by atoms with E-state index in [2.05, 4.69) is 22.4 Å². The summed E-state index contributed by atoms with van der Waals surface area (Å²) in [5, 5.41) is 13.3. The first-order valence-corrected chi connectivity index (χ1v) is 8.19. The van der Waals surface area contributed by atoms with Crippen LogP contribution in [0.3, 0.4) is 0 Å².